The van der Waals surface area contributed by atoms with Crippen molar-refractivity contribution in [3.63, 3.8) is 0 Å². The lowest BCUT2D eigenvalue weighted by molar-refractivity contribution is 0.0526. The fraction of sp³-hybridized carbons (Fsp3) is 0.143. The number of carbonyl (C=O) groups excluding carboxylic acids is 1. The van der Waals surface area contributed by atoms with Gasteiger partial charge in [0.15, 0.2) is 23.1 Å². The minimum absolute atomic E-state index is 0.0702. The van der Waals surface area contributed by atoms with E-state index >= 15 is 0 Å². The van der Waals surface area contributed by atoms with Crippen molar-refractivity contribution in [1.29, 1.82) is 0 Å². The Morgan fingerprint density at radius 2 is 1.86 bits per heavy atom. The highest BCUT2D eigenvalue weighted by atomic mass is 19.1. The lowest BCUT2D eigenvalue weighted by atomic mass is 10.1. The standard InChI is InChI=1S/C14H11FO6/c1-2-21-14(20)7-3-6-4-8(15)11(17)13(19)10(6)12(18)9(16)5-7/h3-5,17,19H,2H2,1H3,(H,16,18). The first-order valence-electron chi connectivity index (χ1n) is 5.95. The Morgan fingerprint density at radius 1 is 1.19 bits per heavy atom. The van der Waals surface area contributed by atoms with E-state index in [1.54, 1.807) is 6.92 Å². The number of phenolic OH excluding ortho intramolecular Hbond substituents is 2. The molecule has 0 spiro atoms. The molecule has 2 aromatic rings. The molecule has 0 saturated carbocycles. The molecule has 2 rings (SSSR count). The zero-order valence-electron chi connectivity index (χ0n) is 10.9. The normalized spacial score (nSPS) is 10.6. The highest BCUT2D eigenvalue weighted by molar-refractivity contribution is 5.97. The SMILES string of the molecule is CCOC(=O)c1cc(O)c(=O)c2c(O)c(O)c(F)cc2c1. The topological polar surface area (TPSA) is 104 Å². The first kappa shape index (κ1) is 14.6. The molecule has 110 valence electrons. The van der Waals surface area contributed by atoms with Crippen LogP contribution in [0.5, 0.6) is 17.2 Å². The summed E-state index contributed by atoms with van der Waals surface area (Å²) in [6, 6.07) is 2.71. The molecule has 0 fully saturated rings. The number of halogens is 1. The number of ether oxygens (including phenoxy) is 1. The molecule has 0 unspecified atom stereocenters. The maximum Gasteiger partial charge on any atom is 0.338 e. The number of rotatable bonds is 2. The van der Waals surface area contributed by atoms with Gasteiger partial charge in [0.25, 0.3) is 0 Å². The van der Waals surface area contributed by atoms with Crippen molar-refractivity contribution < 1.29 is 29.2 Å². The Kier molecular flexibility index (Phi) is 3.66. The van der Waals surface area contributed by atoms with Gasteiger partial charge >= 0.3 is 5.97 Å². The van der Waals surface area contributed by atoms with Crippen LogP contribution in [0.2, 0.25) is 0 Å². The van der Waals surface area contributed by atoms with Crippen LogP contribution >= 0.6 is 0 Å². The quantitative estimate of drug-likeness (QED) is 0.574. The first-order valence-corrected chi connectivity index (χ1v) is 5.95. The second-order valence-corrected chi connectivity index (χ2v) is 4.20. The van der Waals surface area contributed by atoms with Gasteiger partial charge in [0.2, 0.25) is 5.43 Å². The molecule has 3 N–H and O–H groups in total. The van der Waals surface area contributed by atoms with Crippen molar-refractivity contribution >= 4 is 16.7 Å². The number of esters is 1. The first-order chi connectivity index (χ1) is 9.86. The zero-order valence-corrected chi connectivity index (χ0v) is 10.9. The van der Waals surface area contributed by atoms with Gasteiger partial charge in [-0.2, -0.15) is 0 Å². The van der Waals surface area contributed by atoms with Crippen molar-refractivity contribution in [3.05, 3.63) is 39.8 Å². The van der Waals surface area contributed by atoms with Crippen LogP contribution in [0.25, 0.3) is 10.8 Å². The molecule has 0 aliphatic heterocycles. The number of hydrogen-bond acceptors (Lipinski definition) is 6. The van der Waals surface area contributed by atoms with Gasteiger partial charge in [0.05, 0.1) is 17.6 Å². The number of phenols is 2. The van der Waals surface area contributed by atoms with Crippen molar-refractivity contribution in [2.75, 3.05) is 6.61 Å². The van der Waals surface area contributed by atoms with E-state index in [0.29, 0.717) is 0 Å². The molecule has 0 aliphatic carbocycles. The van der Waals surface area contributed by atoms with Crippen LogP contribution in [-0.4, -0.2) is 27.9 Å². The van der Waals surface area contributed by atoms with Gasteiger partial charge < -0.3 is 20.1 Å². The van der Waals surface area contributed by atoms with Gasteiger partial charge in [-0.1, -0.05) is 0 Å². The molecule has 21 heavy (non-hydrogen) atoms. The molecule has 0 aromatic heterocycles. The summed E-state index contributed by atoms with van der Waals surface area (Å²) in [4.78, 5) is 23.6. The molecule has 0 saturated heterocycles. The summed E-state index contributed by atoms with van der Waals surface area (Å²) in [5.41, 5.74) is -1.24. The minimum Gasteiger partial charge on any atom is -0.504 e. The third-order valence-electron chi connectivity index (χ3n) is 2.83. The molecule has 0 amide bonds. The Bertz CT molecular complexity index is 800. The average molecular weight is 294 g/mol. The van der Waals surface area contributed by atoms with E-state index in [4.69, 9.17) is 4.74 Å². The second-order valence-electron chi connectivity index (χ2n) is 4.20. The third kappa shape index (κ3) is 2.45. The van der Waals surface area contributed by atoms with E-state index in [1.165, 1.54) is 0 Å². The monoisotopic (exact) mass is 294 g/mol. The summed E-state index contributed by atoms with van der Waals surface area (Å²) in [6.45, 7) is 1.64. The van der Waals surface area contributed by atoms with E-state index in [2.05, 4.69) is 0 Å². The minimum atomic E-state index is -1.17. The molecule has 0 heterocycles. The lowest BCUT2D eigenvalue weighted by Gasteiger charge is -2.02. The number of benzene rings is 1. The van der Waals surface area contributed by atoms with E-state index in [0.717, 1.165) is 18.2 Å². The van der Waals surface area contributed by atoms with E-state index in [-0.39, 0.29) is 17.6 Å². The Morgan fingerprint density at radius 3 is 2.48 bits per heavy atom. The van der Waals surface area contributed by atoms with E-state index in [1.807, 2.05) is 0 Å². The van der Waals surface area contributed by atoms with E-state index in [9.17, 15) is 29.3 Å². The van der Waals surface area contributed by atoms with Gasteiger partial charge in [0, 0.05) is 0 Å². The summed E-state index contributed by atoms with van der Waals surface area (Å²) in [6.07, 6.45) is 0. The van der Waals surface area contributed by atoms with Gasteiger partial charge in [0.1, 0.15) is 0 Å². The number of fused-ring (bicyclic) bond motifs is 1. The van der Waals surface area contributed by atoms with Crippen molar-refractivity contribution in [3.8, 4) is 17.2 Å². The lowest BCUT2D eigenvalue weighted by Crippen LogP contribution is -2.03. The maximum atomic E-state index is 13.5. The second kappa shape index (κ2) is 5.28. The predicted molar refractivity (Wildman–Crippen MR) is 71.1 cm³/mol. The third-order valence-corrected chi connectivity index (χ3v) is 2.83. The summed E-state index contributed by atoms with van der Waals surface area (Å²) >= 11 is 0. The number of hydrogen-bond donors (Lipinski definition) is 3. The number of aromatic hydroxyl groups is 3. The summed E-state index contributed by atoms with van der Waals surface area (Å²) in [7, 11) is 0. The Labute approximate surface area is 117 Å². The molecule has 2 aromatic carbocycles. The Hall–Kier alpha value is -2.83. The highest BCUT2D eigenvalue weighted by Gasteiger charge is 2.18. The Balaban J connectivity index is 2.93. The summed E-state index contributed by atoms with van der Waals surface area (Å²) in [5, 5.41) is 28.0. The van der Waals surface area contributed by atoms with Crippen molar-refractivity contribution in [1.82, 2.24) is 0 Å². The van der Waals surface area contributed by atoms with Gasteiger partial charge in [-0.25, -0.2) is 9.18 Å². The molecule has 0 radical (unpaired) electrons. The van der Waals surface area contributed by atoms with Gasteiger partial charge in [-0.15, -0.1) is 0 Å². The highest BCUT2D eigenvalue weighted by Crippen LogP contribution is 2.35. The largest absolute Gasteiger partial charge is 0.504 e. The van der Waals surface area contributed by atoms with Crippen LogP contribution in [0.1, 0.15) is 17.3 Å². The number of carbonyl (C=O) groups is 1. The molecule has 0 atom stereocenters. The molecular formula is C14H11FO6. The fourth-order valence-electron chi connectivity index (χ4n) is 1.88. The average Bonchev–Trinajstić information content (AvgIpc) is 2.55. The fourth-order valence-corrected chi connectivity index (χ4v) is 1.88. The zero-order chi connectivity index (χ0) is 15.7. The molecular weight excluding hydrogens is 283 g/mol. The molecule has 6 nitrogen and oxygen atoms in total. The van der Waals surface area contributed by atoms with Crippen LogP contribution < -0.4 is 5.43 Å². The summed E-state index contributed by atoms with van der Waals surface area (Å²) < 4.78 is 18.2. The van der Waals surface area contributed by atoms with Crippen LogP contribution in [0.15, 0.2) is 23.0 Å². The van der Waals surface area contributed by atoms with Crippen LogP contribution in [0, 0.1) is 5.82 Å². The van der Waals surface area contributed by atoms with Gasteiger partial charge in [-0.3, -0.25) is 4.79 Å². The van der Waals surface area contributed by atoms with Crippen LogP contribution in [0.4, 0.5) is 4.39 Å². The predicted octanol–water partition coefficient (Wildman–Crippen LogP) is 1.63. The van der Waals surface area contributed by atoms with Gasteiger partial charge in [-0.05, 0) is 30.5 Å². The summed E-state index contributed by atoms with van der Waals surface area (Å²) in [5.74, 6) is -4.94. The smallest absolute Gasteiger partial charge is 0.338 e. The van der Waals surface area contributed by atoms with E-state index < -0.39 is 39.9 Å². The van der Waals surface area contributed by atoms with Crippen molar-refractivity contribution in [2.45, 2.75) is 6.92 Å². The van der Waals surface area contributed by atoms with Crippen LogP contribution in [-0.2, 0) is 4.74 Å². The molecule has 7 heteroatoms. The molecule has 0 bridgehead atoms. The van der Waals surface area contributed by atoms with Crippen molar-refractivity contribution in [2.24, 2.45) is 0 Å². The van der Waals surface area contributed by atoms with Crippen LogP contribution in [0.3, 0.4) is 0 Å². The maximum absolute atomic E-state index is 13.5. The molecule has 0 aliphatic rings.